The molecule has 0 aliphatic heterocycles. The summed E-state index contributed by atoms with van der Waals surface area (Å²) in [5.74, 6) is 2.19. The molecule has 0 atom stereocenters. The molecule has 0 heterocycles. The van der Waals surface area contributed by atoms with E-state index in [1.54, 1.807) is 31.4 Å². The van der Waals surface area contributed by atoms with Crippen molar-refractivity contribution in [1.29, 1.82) is 0 Å². The van der Waals surface area contributed by atoms with Crippen molar-refractivity contribution in [2.45, 2.75) is 44.4 Å². The summed E-state index contributed by atoms with van der Waals surface area (Å²) >= 11 is 0. The molecule has 0 bridgehead atoms. The van der Waals surface area contributed by atoms with Crippen LogP contribution in [0, 0.1) is 5.92 Å². The van der Waals surface area contributed by atoms with Crippen LogP contribution in [0.15, 0.2) is 61.2 Å². The average Bonchev–Trinajstić information content (AvgIpc) is 2.78. The van der Waals surface area contributed by atoms with E-state index in [4.69, 9.17) is 9.47 Å². The molecule has 4 heteroatoms. The summed E-state index contributed by atoms with van der Waals surface area (Å²) in [6.45, 7) is 3.54. The number of carbonyl (C=O) groups excluding carboxylic acids is 2. The van der Waals surface area contributed by atoms with Crippen molar-refractivity contribution >= 4 is 11.8 Å². The number of methoxy groups -OCH3 is 1. The van der Waals surface area contributed by atoms with Gasteiger partial charge in [-0.3, -0.25) is 4.79 Å². The fourth-order valence-corrected chi connectivity index (χ4v) is 3.93. The maximum Gasteiger partial charge on any atom is 0.343 e. The number of allylic oxidation sites excluding steroid dienone is 1. The Kier molecular flexibility index (Phi) is 7.23. The van der Waals surface area contributed by atoms with Crippen LogP contribution < -0.4 is 9.47 Å². The first-order valence-electron chi connectivity index (χ1n) is 10.2. The standard InChI is InChI=1S/C25H28O4/c1-3-22(26)13-6-18-4-7-19(8-5-18)20-9-16-24(17-10-20)29-25(27)21-11-14-23(28-2)15-12-21/h3,9-12,14-19H,1,4-8,13H2,2H3. The van der Waals surface area contributed by atoms with Crippen LogP contribution in [-0.2, 0) is 4.79 Å². The molecule has 1 fully saturated rings. The van der Waals surface area contributed by atoms with Crippen molar-refractivity contribution in [1.82, 2.24) is 0 Å². The predicted octanol–water partition coefficient (Wildman–Crippen LogP) is 5.72. The smallest absolute Gasteiger partial charge is 0.343 e. The summed E-state index contributed by atoms with van der Waals surface area (Å²) in [6, 6.07) is 14.7. The van der Waals surface area contributed by atoms with Crippen LogP contribution in [0.5, 0.6) is 11.5 Å². The summed E-state index contributed by atoms with van der Waals surface area (Å²) in [5, 5.41) is 0. The van der Waals surface area contributed by atoms with E-state index in [9.17, 15) is 9.59 Å². The molecule has 0 unspecified atom stereocenters. The lowest BCUT2D eigenvalue weighted by molar-refractivity contribution is -0.114. The zero-order valence-electron chi connectivity index (χ0n) is 16.9. The van der Waals surface area contributed by atoms with E-state index in [0.29, 0.717) is 35.3 Å². The van der Waals surface area contributed by atoms with Crippen molar-refractivity contribution in [3.8, 4) is 11.5 Å². The first-order valence-corrected chi connectivity index (χ1v) is 10.2. The SMILES string of the molecule is C=CC(=O)CCC1CCC(c2ccc(OC(=O)c3ccc(OC)cc3)cc2)CC1. The average molecular weight is 392 g/mol. The van der Waals surface area contributed by atoms with E-state index in [-0.39, 0.29) is 11.8 Å². The minimum Gasteiger partial charge on any atom is -0.497 e. The summed E-state index contributed by atoms with van der Waals surface area (Å²) < 4.78 is 10.6. The maximum atomic E-state index is 12.3. The second kappa shape index (κ2) is 10.1. The molecular formula is C25H28O4. The van der Waals surface area contributed by atoms with E-state index in [1.807, 2.05) is 12.1 Å². The number of benzene rings is 2. The van der Waals surface area contributed by atoms with Gasteiger partial charge in [-0.1, -0.05) is 18.7 Å². The number of hydrogen-bond donors (Lipinski definition) is 0. The molecule has 1 saturated carbocycles. The normalized spacial score (nSPS) is 18.7. The number of hydrogen-bond acceptors (Lipinski definition) is 4. The fourth-order valence-electron chi connectivity index (χ4n) is 3.93. The van der Waals surface area contributed by atoms with Crippen LogP contribution in [0.25, 0.3) is 0 Å². The van der Waals surface area contributed by atoms with Gasteiger partial charge in [0.2, 0.25) is 0 Å². The molecule has 0 saturated heterocycles. The van der Waals surface area contributed by atoms with Gasteiger partial charge in [0.1, 0.15) is 11.5 Å². The number of ether oxygens (including phenoxy) is 2. The lowest BCUT2D eigenvalue weighted by Crippen LogP contribution is -2.14. The Balaban J connectivity index is 1.50. The first kappa shape index (κ1) is 20.8. The van der Waals surface area contributed by atoms with Gasteiger partial charge in [0.15, 0.2) is 5.78 Å². The molecule has 4 nitrogen and oxygen atoms in total. The third kappa shape index (κ3) is 5.80. The van der Waals surface area contributed by atoms with Crippen molar-refractivity contribution in [2.75, 3.05) is 7.11 Å². The molecule has 1 aliphatic rings. The van der Waals surface area contributed by atoms with Gasteiger partial charge in [0.25, 0.3) is 0 Å². The molecule has 2 aromatic rings. The highest BCUT2D eigenvalue weighted by Gasteiger charge is 2.22. The molecule has 1 aliphatic carbocycles. The molecule has 2 aromatic carbocycles. The van der Waals surface area contributed by atoms with Crippen molar-refractivity contribution in [2.24, 2.45) is 5.92 Å². The van der Waals surface area contributed by atoms with Crippen molar-refractivity contribution in [3.63, 3.8) is 0 Å². The van der Waals surface area contributed by atoms with Crippen molar-refractivity contribution in [3.05, 3.63) is 72.3 Å². The lowest BCUT2D eigenvalue weighted by Gasteiger charge is -2.28. The van der Waals surface area contributed by atoms with Gasteiger partial charge in [-0.15, -0.1) is 0 Å². The summed E-state index contributed by atoms with van der Waals surface area (Å²) in [4.78, 5) is 23.7. The van der Waals surface area contributed by atoms with Gasteiger partial charge in [0.05, 0.1) is 12.7 Å². The molecule has 3 rings (SSSR count). The van der Waals surface area contributed by atoms with Gasteiger partial charge >= 0.3 is 5.97 Å². The Morgan fingerprint density at radius 1 is 0.966 bits per heavy atom. The Morgan fingerprint density at radius 2 is 1.59 bits per heavy atom. The van der Waals surface area contributed by atoms with E-state index in [0.717, 1.165) is 32.1 Å². The van der Waals surface area contributed by atoms with Gasteiger partial charge in [-0.2, -0.15) is 0 Å². The Morgan fingerprint density at radius 3 is 2.17 bits per heavy atom. The fraction of sp³-hybridized carbons (Fsp3) is 0.360. The Labute approximate surface area is 172 Å². The van der Waals surface area contributed by atoms with Gasteiger partial charge in [-0.05, 0) is 92.0 Å². The molecule has 0 radical (unpaired) electrons. The van der Waals surface area contributed by atoms with Crippen LogP contribution in [0.4, 0.5) is 0 Å². The van der Waals surface area contributed by atoms with E-state index >= 15 is 0 Å². The van der Waals surface area contributed by atoms with Crippen LogP contribution in [-0.4, -0.2) is 18.9 Å². The summed E-state index contributed by atoms with van der Waals surface area (Å²) in [7, 11) is 1.59. The largest absolute Gasteiger partial charge is 0.497 e. The van der Waals surface area contributed by atoms with Gasteiger partial charge in [0, 0.05) is 6.42 Å². The molecule has 0 spiro atoms. The van der Waals surface area contributed by atoms with Crippen LogP contribution in [0.1, 0.15) is 60.4 Å². The highest BCUT2D eigenvalue weighted by molar-refractivity contribution is 5.91. The van der Waals surface area contributed by atoms with Gasteiger partial charge in [-0.25, -0.2) is 4.79 Å². The van der Waals surface area contributed by atoms with Crippen LogP contribution >= 0.6 is 0 Å². The van der Waals surface area contributed by atoms with E-state index < -0.39 is 0 Å². The number of rotatable bonds is 8. The highest BCUT2D eigenvalue weighted by atomic mass is 16.5. The third-order valence-electron chi connectivity index (χ3n) is 5.76. The molecular weight excluding hydrogens is 364 g/mol. The monoisotopic (exact) mass is 392 g/mol. The molecule has 0 aromatic heterocycles. The van der Waals surface area contributed by atoms with Crippen molar-refractivity contribution < 1.29 is 19.1 Å². The third-order valence-corrected chi connectivity index (χ3v) is 5.76. The minimum absolute atomic E-state index is 0.145. The zero-order chi connectivity index (χ0) is 20.6. The van der Waals surface area contributed by atoms with E-state index in [1.165, 1.54) is 11.6 Å². The number of esters is 1. The second-order valence-electron chi connectivity index (χ2n) is 7.61. The Hall–Kier alpha value is -2.88. The molecule has 0 amide bonds. The molecule has 0 N–H and O–H groups in total. The van der Waals surface area contributed by atoms with E-state index in [2.05, 4.69) is 18.7 Å². The minimum atomic E-state index is -0.380. The number of ketones is 1. The topological polar surface area (TPSA) is 52.6 Å². The maximum absolute atomic E-state index is 12.3. The van der Waals surface area contributed by atoms with Crippen LogP contribution in [0.2, 0.25) is 0 Å². The predicted molar refractivity (Wildman–Crippen MR) is 114 cm³/mol. The number of carbonyl (C=O) groups is 2. The van der Waals surface area contributed by atoms with Crippen LogP contribution in [0.3, 0.4) is 0 Å². The highest BCUT2D eigenvalue weighted by Crippen LogP contribution is 2.38. The summed E-state index contributed by atoms with van der Waals surface area (Å²) in [5.41, 5.74) is 1.78. The first-order chi connectivity index (χ1) is 14.1. The quantitative estimate of drug-likeness (QED) is 0.327. The lowest BCUT2D eigenvalue weighted by atomic mass is 9.77. The molecule has 152 valence electrons. The zero-order valence-corrected chi connectivity index (χ0v) is 16.9. The molecule has 29 heavy (non-hydrogen) atoms. The second-order valence-corrected chi connectivity index (χ2v) is 7.61. The van der Waals surface area contributed by atoms with Gasteiger partial charge < -0.3 is 9.47 Å². The summed E-state index contributed by atoms with van der Waals surface area (Å²) in [6.07, 6.45) is 7.60. The Bertz CT molecular complexity index is 828.